The number of hydrogen-bond acceptors (Lipinski definition) is 7. The van der Waals surface area contributed by atoms with E-state index in [4.69, 9.17) is 30.5 Å². The predicted molar refractivity (Wildman–Crippen MR) is 151 cm³/mol. The minimum atomic E-state index is -0.365. The fourth-order valence-corrected chi connectivity index (χ4v) is 5.79. The Balaban J connectivity index is 1.39. The highest BCUT2D eigenvalue weighted by Gasteiger charge is 2.30. The number of nitrogens with zero attached hydrogens (tertiary/aromatic N) is 1. The van der Waals surface area contributed by atoms with E-state index in [0.29, 0.717) is 63.4 Å². The number of H-pyrrole nitrogens is 1. The second-order valence-electron chi connectivity index (χ2n) is 10.4. The summed E-state index contributed by atoms with van der Waals surface area (Å²) in [6, 6.07) is 3.84. The number of benzene rings is 1. The Morgan fingerprint density at radius 3 is 2.77 bits per heavy atom. The summed E-state index contributed by atoms with van der Waals surface area (Å²) < 4.78 is 23.2. The highest BCUT2D eigenvalue weighted by Crippen LogP contribution is 2.43. The summed E-state index contributed by atoms with van der Waals surface area (Å²) in [6.45, 7) is 8.34. The Hall–Kier alpha value is -2.75. The highest BCUT2D eigenvalue weighted by atomic mass is 35.5. The Morgan fingerprint density at radius 1 is 1.28 bits per heavy atom. The molecule has 3 heterocycles. The number of likely N-dealkylation sites (tertiary alicyclic amines) is 1. The molecule has 2 aromatic rings. The van der Waals surface area contributed by atoms with Gasteiger partial charge in [0.1, 0.15) is 18.5 Å². The van der Waals surface area contributed by atoms with Crippen molar-refractivity contribution in [3.8, 4) is 17.2 Å². The molecule has 1 saturated heterocycles. The van der Waals surface area contributed by atoms with Crippen molar-refractivity contribution in [2.45, 2.75) is 77.7 Å². The van der Waals surface area contributed by atoms with E-state index in [1.807, 2.05) is 6.92 Å². The van der Waals surface area contributed by atoms with Crippen LogP contribution in [0.15, 0.2) is 16.9 Å². The van der Waals surface area contributed by atoms with Crippen LogP contribution >= 0.6 is 11.6 Å². The fraction of sp³-hybridized carbons (Fsp3) is 0.586. The number of carbonyl (C=O) groups is 1. The van der Waals surface area contributed by atoms with Gasteiger partial charge < -0.3 is 29.2 Å². The van der Waals surface area contributed by atoms with E-state index in [1.54, 1.807) is 26.2 Å². The van der Waals surface area contributed by atoms with Gasteiger partial charge in [-0.25, -0.2) is 0 Å². The first-order chi connectivity index (χ1) is 18.7. The maximum absolute atomic E-state index is 13.2. The fourth-order valence-electron chi connectivity index (χ4n) is 5.54. The van der Waals surface area contributed by atoms with Crippen molar-refractivity contribution in [2.75, 3.05) is 33.9 Å². The number of aryl methyl sites for hydroxylation is 1. The number of amides is 1. The lowest BCUT2D eigenvalue weighted by atomic mass is 10.0. The molecule has 2 N–H and O–H groups in total. The molecule has 1 fully saturated rings. The number of hydrogen-bond donors (Lipinski definition) is 2. The number of pyridine rings is 1. The van der Waals surface area contributed by atoms with Gasteiger partial charge in [-0.3, -0.25) is 14.5 Å². The molecular formula is C29H40ClN3O6. The Labute approximate surface area is 235 Å². The van der Waals surface area contributed by atoms with E-state index >= 15 is 0 Å². The van der Waals surface area contributed by atoms with Crippen LogP contribution in [0.25, 0.3) is 0 Å². The molecule has 214 valence electrons. The van der Waals surface area contributed by atoms with Gasteiger partial charge >= 0.3 is 0 Å². The van der Waals surface area contributed by atoms with Gasteiger partial charge in [0.15, 0.2) is 11.5 Å². The molecule has 3 atom stereocenters. The number of methoxy groups -OCH3 is 2. The molecule has 1 amide bonds. The second kappa shape index (κ2) is 13.1. The van der Waals surface area contributed by atoms with Crippen LogP contribution in [0.3, 0.4) is 0 Å². The average molecular weight is 562 g/mol. The molecule has 4 rings (SSSR count). The summed E-state index contributed by atoms with van der Waals surface area (Å²) in [6.07, 6.45) is 5.36. The molecule has 10 heteroatoms. The maximum atomic E-state index is 13.2. The summed E-state index contributed by atoms with van der Waals surface area (Å²) in [5.74, 6) is 1.03. The van der Waals surface area contributed by atoms with Gasteiger partial charge in [0.05, 0.1) is 30.3 Å². The zero-order valence-electron chi connectivity index (χ0n) is 23.5. The topological polar surface area (TPSA) is 102 Å². The van der Waals surface area contributed by atoms with Crippen LogP contribution in [-0.4, -0.2) is 68.0 Å². The van der Waals surface area contributed by atoms with Gasteiger partial charge in [-0.15, -0.1) is 0 Å². The van der Waals surface area contributed by atoms with Crippen molar-refractivity contribution in [3.63, 3.8) is 0 Å². The van der Waals surface area contributed by atoms with Crippen molar-refractivity contribution < 1.29 is 23.7 Å². The van der Waals surface area contributed by atoms with Gasteiger partial charge in [-0.05, 0) is 58.1 Å². The third kappa shape index (κ3) is 6.70. The maximum Gasteiger partial charge on any atom is 0.256 e. The molecule has 0 radical (unpaired) electrons. The lowest BCUT2D eigenvalue weighted by molar-refractivity contribution is 0.0771. The Kier molecular flexibility index (Phi) is 9.80. The number of rotatable bonds is 11. The van der Waals surface area contributed by atoms with Crippen molar-refractivity contribution in [1.29, 1.82) is 0 Å². The van der Waals surface area contributed by atoms with Gasteiger partial charge in [0.2, 0.25) is 0 Å². The molecule has 2 unspecified atom stereocenters. The molecule has 39 heavy (non-hydrogen) atoms. The number of carbonyl (C=O) groups excluding carboxylic acids is 1. The van der Waals surface area contributed by atoms with Crippen molar-refractivity contribution in [3.05, 3.63) is 49.9 Å². The number of ether oxygens (including phenoxy) is 4. The SMILES string of the molecule is CC[C@H](CCCC1COc2c(Cl)cc(C(=O)NCc3c(OC)cc(C)[nH]c3=O)c(C)c2O1)N1CCC(OC)C1. The zero-order chi connectivity index (χ0) is 28.1. The van der Waals surface area contributed by atoms with Crippen LogP contribution in [0.4, 0.5) is 0 Å². The molecule has 0 aliphatic carbocycles. The first kappa shape index (κ1) is 29.2. The number of fused-ring (bicyclic) bond motifs is 1. The quantitative estimate of drug-likeness (QED) is 0.419. The van der Waals surface area contributed by atoms with Gasteiger partial charge in [0.25, 0.3) is 11.5 Å². The first-order valence-corrected chi connectivity index (χ1v) is 14.1. The van der Waals surface area contributed by atoms with Crippen molar-refractivity contribution >= 4 is 17.5 Å². The molecule has 0 spiro atoms. The monoisotopic (exact) mass is 561 g/mol. The summed E-state index contributed by atoms with van der Waals surface area (Å²) >= 11 is 6.50. The van der Waals surface area contributed by atoms with E-state index < -0.39 is 0 Å². The summed E-state index contributed by atoms with van der Waals surface area (Å²) in [5.41, 5.74) is 1.74. The third-order valence-corrected chi connectivity index (χ3v) is 8.10. The Morgan fingerprint density at radius 2 is 2.08 bits per heavy atom. The first-order valence-electron chi connectivity index (χ1n) is 13.7. The standard InChI is InChI=1S/C29H40ClN3O6/c1-6-19(33-11-10-20(15-33)36-4)8-7-9-21-16-38-27-24(30)13-22(18(3)26(27)39-21)28(34)31-14-23-25(37-5)12-17(2)32-29(23)35/h12-13,19-21H,6-11,14-16H2,1-5H3,(H,31,34)(H,32,35)/t19-,20?,21?/m1/s1. The number of aromatic amines is 1. The second-order valence-corrected chi connectivity index (χ2v) is 10.8. The van der Waals surface area contributed by atoms with Crippen LogP contribution in [0.2, 0.25) is 5.02 Å². The van der Waals surface area contributed by atoms with Gasteiger partial charge in [-0.1, -0.05) is 18.5 Å². The van der Waals surface area contributed by atoms with Gasteiger partial charge in [0, 0.05) is 43.1 Å². The van der Waals surface area contributed by atoms with Crippen LogP contribution < -0.4 is 25.1 Å². The molecule has 0 saturated carbocycles. The lowest BCUT2D eigenvalue weighted by Crippen LogP contribution is -2.35. The van der Waals surface area contributed by atoms with Crippen LogP contribution in [0, 0.1) is 13.8 Å². The normalized spacial score (nSPS) is 19.6. The third-order valence-electron chi connectivity index (χ3n) is 7.82. The molecule has 2 aliphatic heterocycles. The predicted octanol–water partition coefficient (Wildman–Crippen LogP) is 4.39. The molecule has 1 aromatic heterocycles. The van der Waals surface area contributed by atoms with E-state index in [-0.39, 0.29) is 24.1 Å². The summed E-state index contributed by atoms with van der Waals surface area (Å²) in [5, 5.41) is 3.13. The smallest absolute Gasteiger partial charge is 0.256 e. The largest absolute Gasteiger partial charge is 0.496 e. The minimum Gasteiger partial charge on any atom is -0.496 e. The molecule has 0 bridgehead atoms. The number of halogens is 1. The highest BCUT2D eigenvalue weighted by molar-refractivity contribution is 6.32. The molecule has 9 nitrogen and oxygen atoms in total. The minimum absolute atomic E-state index is 0.00644. The van der Waals surface area contributed by atoms with Crippen molar-refractivity contribution in [2.24, 2.45) is 0 Å². The van der Waals surface area contributed by atoms with Crippen molar-refractivity contribution in [1.82, 2.24) is 15.2 Å². The zero-order valence-corrected chi connectivity index (χ0v) is 24.3. The average Bonchev–Trinajstić information content (AvgIpc) is 3.41. The summed E-state index contributed by atoms with van der Waals surface area (Å²) in [4.78, 5) is 30.8. The lowest BCUT2D eigenvalue weighted by Gasteiger charge is -2.30. The molecule has 1 aromatic carbocycles. The van der Waals surface area contributed by atoms with E-state index in [1.165, 1.54) is 7.11 Å². The van der Waals surface area contributed by atoms with E-state index in [9.17, 15) is 9.59 Å². The molecular weight excluding hydrogens is 522 g/mol. The van der Waals surface area contributed by atoms with E-state index in [0.717, 1.165) is 45.2 Å². The van der Waals surface area contributed by atoms with E-state index in [2.05, 4.69) is 22.1 Å². The number of nitrogens with one attached hydrogen (secondary N) is 2. The van der Waals surface area contributed by atoms with Gasteiger partial charge in [-0.2, -0.15) is 0 Å². The summed E-state index contributed by atoms with van der Waals surface area (Å²) in [7, 11) is 3.28. The Bertz CT molecular complexity index is 1230. The van der Waals surface area contributed by atoms with Crippen LogP contribution in [0.5, 0.6) is 17.2 Å². The molecule has 2 aliphatic rings. The van der Waals surface area contributed by atoms with Crippen LogP contribution in [0.1, 0.15) is 66.2 Å². The number of aromatic nitrogens is 1. The van der Waals surface area contributed by atoms with Crippen LogP contribution in [-0.2, 0) is 11.3 Å².